The molecule has 0 aliphatic carbocycles. The zero-order valence-corrected chi connectivity index (χ0v) is 13.2. The van der Waals surface area contributed by atoms with Crippen LogP contribution in [0.2, 0.25) is 13.1 Å². The number of aromatic nitrogens is 2. The highest BCUT2D eigenvalue weighted by Gasteiger charge is 2.06. The molecule has 1 heterocycles. The van der Waals surface area contributed by atoms with Crippen molar-refractivity contribution < 1.29 is 5.85 Å². The molecule has 103 valence electrons. The fourth-order valence-electron chi connectivity index (χ4n) is 1.71. The molecule has 0 spiro atoms. The van der Waals surface area contributed by atoms with Gasteiger partial charge in [-0.1, -0.05) is 6.07 Å². The number of nitrogens with zero attached hydrogens (tertiary/aromatic N) is 3. The maximum absolute atomic E-state index is 5.90. The normalized spacial score (nSPS) is 11.2. The van der Waals surface area contributed by atoms with Gasteiger partial charge in [0, 0.05) is 12.4 Å². The molecule has 0 atom stereocenters. The molecular formula is C15H19N3OSi+. The number of rotatable bonds is 4. The molecule has 0 aliphatic rings. The molecule has 4 nitrogen and oxygen atoms in total. The Morgan fingerprint density at radius 1 is 1.20 bits per heavy atom. The molecule has 20 heavy (non-hydrogen) atoms. The number of aryl methyl sites for hydroxylation is 2. The second-order valence-corrected chi connectivity index (χ2v) is 6.79. The third kappa shape index (κ3) is 3.74. The number of hydrogen-bond donors (Lipinski definition) is 0. The lowest BCUT2D eigenvalue weighted by Crippen LogP contribution is -2.11. The zero-order chi connectivity index (χ0) is 14.5. The largest absolute Gasteiger partial charge is 1.00 e. The standard InChI is InChI=1S/C15H18N3OSi/c1-11-5-6-13(15(9-11)19-20(3)4)18-10-14-12(2)16-7-8-17-14/h5-10H,1-4H3/p+1. The maximum Gasteiger partial charge on any atom is 1.00 e. The van der Waals surface area contributed by atoms with E-state index in [1.165, 1.54) is 0 Å². The van der Waals surface area contributed by atoms with Crippen molar-refractivity contribution in [2.75, 3.05) is 0 Å². The van der Waals surface area contributed by atoms with Crippen molar-refractivity contribution >= 4 is 20.9 Å². The van der Waals surface area contributed by atoms with E-state index in [0.29, 0.717) is 0 Å². The van der Waals surface area contributed by atoms with E-state index in [9.17, 15) is 0 Å². The van der Waals surface area contributed by atoms with Crippen molar-refractivity contribution in [3.05, 3.63) is 47.5 Å². The third-order valence-corrected chi connectivity index (χ3v) is 3.30. The van der Waals surface area contributed by atoms with Gasteiger partial charge in [-0.2, -0.15) is 0 Å². The lowest BCUT2D eigenvalue weighted by molar-refractivity contribution is 0.581. The minimum atomic E-state index is -0.817. The summed E-state index contributed by atoms with van der Waals surface area (Å²) in [5, 5.41) is 0. The van der Waals surface area contributed by atoms with E-state index in [1.54, 1.807) is 18.6 Å². The molecule has 0 N–H and O–H groups in total. The Hall–Kier alpha value is -2.01. The number of aliphatic imine (C=N–C) groups is 1. The van der Waals surface area contributed by atoms with Crippen LogP contribution in [0.5, 0.6) is 5.75 Å². The Balaban J connectivity index is 0.00000220. The summed E-state index contributed by atoms with van der Waals surface area (Å²) in [5.41, 5.74) is 3.63. The Bertz CT molecular complexity index is 632. The molecule has 5 heteroatoms. The van der Waals surface area contributed by atoms with Crippen molar-refractivity contribution in [2.24, 2.45) is 4.99 Å². The second kappa shape index (κ2) is 6.43. The summed E-state index contributed by atoms with van der Waals surface area (Å²) in [7, 11) is -0.817. The summed E-state index contributed by atoms with van der Waals surface area (Å²) in [6.07, 6.45) is 5.08. The van der Waals surface area contributed by atoms with Crippen LogP contribution in [0.1, 0.15) is 18.4 Å². The fourth-order valence-corrected chi connectivity index (χ4v) is 2.31. The first kappa shape index (κ1) is 14.4. The SMILES string of the molecule is Cc1ccc(N=Cc2nccnc2C)c(O[Si](C)C)c1.[H+]. The quantitative estimate of drug-likeness (QED) is 0.637. The van der Waals surface area contributed by atoms with Gasteiger partial charge in [0.15, 0.2) is 0 Å². The predicted octanol–water partition coefficient (Wildman–Crippen LogP) is 3.59. The van der Waals surface area contributed by atoms with Crippen LogP contribution in [0, 0.1) is 13.8 Å². The van der Waals surface area contributed by atoms with E-state index >= 15 is 0 Å². The monoisotopic (exact) mass is 285 g/mol. The van der Waals surface area contributed by atoms with Crippen LogP contribution < -0.4 is 4.43 Å². The molecule has 0 bridgehead atoms. The lowest BCUT2D eigenvalue weighted by atomic mass is 10.2. The molecule has 1 aromatic carbocycles. The van der Waals surface area contributed by atoms with Gasteiger partial charge in [0.05, 0.1) is 11.9 Å². The van der Waals surface area contributed by atoms with Crippen LogP contribution in [-0.2, 0) is 0 Å². The van der Waals surface area contributed by atoms with E-state index in [4.69, 9.17) is 4.43 Å². The summed E-state index contributed by atoms with van der Waals surface area (Å²) < 4.78 is 5.90. The molecule has 0 saturated heterocycles. The van der Waals surface area contributed by atoms with Crippen LogP contribution in [-0.4, -0.2) is 25.2 Å². The van der Waals surface area contributed by atoms with Gasteiger partial charge in [0.2, 0.25) is 0 Å². The molecule has 0 aliphatic heterocycles. The highest BCUT2D eigenvalue weighted by Crippen LogP contribution is 2.29. The smallest absolute Gasteiger partial charge is 0.541 e. The molecule has 0 unspecified atom stereocenters. The van der Waals surface area contributed by atoms with Gasteiger partial charge >= 0.3 is 1.43 Å². The summed E-state index contributed by atoms with van der Waals surface area (Å²) in [4.78, 5) is 12.9. The highest BCUT2D eigenvalue weighted by molar-refractivity contribution is 6.49. The van der Waals surface area contributed by atoms with Crippen LogP contribution in [0.4, 0.5) is 5.69 Å². The average Bonchev–Trinajstić information content (AvgIpc) is 2.39. The van der Waals surface area contributed by atoms with E-state index in [0.717, 1.165) is 28.4 Å². The maximum atomic E-state index is 5.90. The Kier molecular flexibility index (Phi) is 4.63. The number of hydrogen-bond acceptors (Lipinski definition) is 4. The zero-order valence-electron chi connectivity index (χ0n) is 13.2. The van der Waals surface area contributed by atoms with E-state index in [2.05, 4.69) is 28.1 Å². The average molecular weight is 285 g/mol. The van der Waals surface area contributed by atoms with Crippen molar-refractivity contribution in [3.63, 3.8) is 0 Å². The van der Waals surface area contributed by atoms with Crippen LogP contribution in [0.15, 0.2) is 35.6 Å². The minimum Gasteiger partial charge on any atom is -0.541 e. The topological polar surface area (TPSA) is 47.4 Å². The summed E-state index contributed by atoms with van der Waals surface area (Å²) in [5.74, 6) is 0.835. The van der Waals surface area contributed by atoms with E-state index < -0.39 is 9.04 Å². The first-order chi connectivity index (χ1) is 9.56. The highest BCUT2D eigenvalue weighted by atomic mass is 28.3. The Morgan fingerprint density at radius 2 is 1.95 bits per heavy atom. The second-order valence-electron chi connectivity index (χ2n) is 4.77. The van der Waals surface area contributed by atoms with Crippen molar-refractivity contribution in [3.8, 4) is 5.75 Å². The molecule has 0 fully saturated rings. The Morgan fingerprint density at radius 3 is 2.65 bits per heavy atom. The van der Waals surface area contributed by atoms with Gasteiger partial charge in [-0.25, -0.2) is 0 Å². The molecule has 1 radical (unpaired) electrons. The molecular weight excluding hydrogens is 266 g/mol. The fraction of sp³-hybridized carbons (Fsp3) is 0.267. The van der Waals surface area contributed by atoms with Gasteiger partial charge in [-0.15, -0.1) is 0 Å². The van der Waals surface area contributed by atoms with Crippen molar-refractivity contribution in [1.82, 2.24) is 9.97 Å². The van der Waals surface area contributed by atoms with Gasteiger partial charge in [-0.3, -0.25) is 15.0 Å². The molecule has 0 amide bonds. The molecule has 1 aromatic heterocycles. The van der Waals surface area contributed by atoms with E-state index in [-0.39, 0.29) is 1.43 Å². The van der Waals surface area contributed by atoms with E-state index in [1.807, 2.05) is 32.0 Å². The van der Waals surface area contributed by atoms with Crippen LogP contribution in [0.25, 0.3) is 0 Å². The van der Waals surface area contributed by atoms with Crippen molar-refractivity contribution in [1.29, 1.82) is 0 Å². The van der Waals surface area contributed by atoms with Gasteiger partial charge in [0.1, 0.15) is 17.1 Å². The van der Waals surface area contributed by atoms with Crippen molar-refractivity contribution in [2.45, 2.75) is 26.9 Å². The number of benzene rings is 1. The van der Waals surface area contributed by atoms with Gasteiger partial charge in [0.25, 0.3) is 9.04 Å². The summed E-state index contributed by atoms with van der Waals surface area (Å²) >= 11 is 0. The Labute approximate surface area is 122 Å². The molecule has 2 rings (SSSR count). The van der Waals surface area contributed by atoms with Crippen LogP contribution in [0.3, 0.4) is 0 Å². The third-order valence-electron chi connectivity index (χ3n) is 2.67. The first-order valence-electron chi connectivity index (χ1n) is 6.46. The summed E-state index contributed by atoms with van der Waals surface area (Å²) in [6, 6.07) is 6.02. The minimum absolute atomic E-state index is 0. The molecule has 2 aromatic rings. The lowest BCUT2D eigenvalue weighted by Gasteiger charge is -2.11. The first-order valence-corrected chi connectivity index (χ1v) is 8.87. The van der Waals surface area contributed by atoms with Gasteiger partial charge < -0.3 is 4.43 Å². The van der Waals surface area contributed by atoms with Crippen LogP contribution >= 0.6 is 0 Å². The summed E-state index contributed by atoms with van der Waals surface area (Å²) in [6.45, 7) is 8.17. The van der Waals surface area contributed by atoms with Gasteiger partial charge in [-0.05, 0) is 44.6 Å². The molecule has 0 saturated carbocycles. The predicted molar refractivity (Wildman–Crippen MR) is 84.4 cm³/mol.